The lowest BCUT2D eigenvalue weighted by atomic mass is 10.2. The van der Waals surface area contributed by atoms with Gasteiger partial charge >= 0.3 is 0 Å². The van der Waals surface area contributed by atoms with E-state index in [1.54, 1.807) is 6.26 Å². The Hall–Kier alpha value is -1.59. The molecular weight excluding hydrogens is 230 g/mol. The van der Waals surface area contributed by atoms with Crippen molar-refractivity contribution in [2.24, 2.45) is 0 Å². The molecule has 5 heteroatoms. The van der Waals surface area contributed by atoms with Crippen molar-refractivity contribution in [3.05, 3.63) is 30.2 Å². The highest BCUT2D eigenvalue weighted by Crippen LogP contribution is 2.21. The zero-order valence-corrected chi connectivity index (χ0v) is 10.4. The van der Waals surface area contributed by atoms with Crippen LogP contribution in [0.4, 0.5) is 0 Å². The summed E-state index contributed by atoms with van der Waals surface area (Å²) in [5.74, 6) is 1.42. The molecule has 0 radical (unpaired) electrons. The van der Waals surface area contributed by atoms with Gasteiger partial charge in [-0.3, -0.25) is 4.90 Å². The molecule has 2 aromatic heterocycles. The van der Waals surface area contributed by atoms with Crippen LogP contribution in [0.25, 0.3) is 11.5 Å². The van der Waals surface area contributed by atoms with Crippen molar-refractivity contribution in [3.63, 3.8) is 0 Å². The first-order valence-corrected chi connectivity index (χ1v) is 6.26. The Balaban J connectivity index is 1.66. The van der Waals surface area contributed by atoms with E-state index in [9.17, 15) is 0 Å². The van der Waals surface area contributed by atoms with Crippen molar-refractivity contribution in [1.29, 1.82) is 0 Å². The summed E-state index contributed by atoms with van der Waals surface area (Å²) >= 11 is 0. The molecule has 2 aromatic rings. The van der Waals surface area contributed by atoms with Gasteiger partial charge in [-0.1, -0.05) is 5.16 Å². The Morgan fingerprint density at radius 2 is 2.44 bits per heavy atom. The molecule has 1 aliphatic heterocycles. The van der Waals surface area contributed by atoms with Crippen LogP contribution in [0.3, 0.4) is 0 Å². The molecular formula is C13H17N3O2. The molecule has 3 rings (SSSR count). The van der Waals surface area contributed by atoms with Crippen molar-refractivity contribution in [2.75, 3.05) is 19.6 Å². The molecule has 1 saturated heterocycles. The molecule has 3 heterocycles. The molecule has 0 spiro atoms. The number of aromatic nitrogens is 1. The topological polar surface area (TPSA) is 54.4 Å². The molecule has 1 N–H and O–H groups in total. The normalized spacial score (nSPS) is 21.3. The second-order valence-corrected chi connectivity index (χ2v) is 4.75. The molecule has 0 unspecified atom stereocenters. The number of nitrogens with one attached hydrogen (secondary N) is 1. The summed E-state index contributed by atoms with van der Waals surface area (Å²) in [6, 6.07) is 6.20. The maximum absolute atomic E-state index is 5.29. The fourth-order valence-corrected chi connectivity index (χ4v) is 2.31. The highest BCUT2D eigenvalue weighted by Gasteiger charge is 2.17. The average Bonchev–Trinajstić information content (AvgIpc) is 2.98. The molecule has 0 aliphatic carbocycles. The zero-order chi connectivity index (χ0) is 12.4. The fourth-order valence-electron chi connectivity index (χ4n) is 2.31. The highest BCUT2D eigenvalue weighted by molar-refractivity contribution is 5.49. The number of rotatable bonds is 3. The minimum absolute atomic E-state index is 0.537. The van der Waals surface area contributed by atoms with Crippen LogP contribution in [0.5, 0.6) is 0 Å². The van der Waals surface area contributed by atoms with Gasteiger partial charge in [0.15, 0.2) is 5.76 Å². The van der Waals surface area contributed by atoms with Crippen LogP contribution in [0.15, 0.2) is 33.4 Å². The summed E-state index contributed by atoms with van der Waals surface area (Å²) in [6.45, 7) is 6.15. The van der Waals surface area contributed by atoms with E-state index < -0.39 is 0 Å². The summed E-state index contributed by atoms with van der Waals surface area (Å²) in [5, 5.41) is 7.52. The summed E-state index contributed by atoms with van der Waals surface area (Å²) in [5.41, 5.74) is 0.954. The fraction of sp³-hybridized carbons (Fsp3) is 0.462. The van der Waals surface area contributed by atoms with E-state index in [0.717, 1.165) is 37.6 Å². The summed E-state index contributed by atoms with van der Waals surface area (Å²) in [6.07, 6.45) is 1.63. The van der Waals surface area contributed by atoms with Crippen LogP contribution < -0.4 is 5.32 Å². The van der Waals surface area contributed by atoms with Crippen LogP contribution in [-0.2, 0) is 6.54 Å². The van der Waals surface area contributed by atoms with Gasteiger partial charge in [0.25, 0.3) is 0 Å². The van der Waals surface area contributed by atoms with Gasteiger partial charge in [-0.2, -0.15) is 0 Å². The largest absolute Gasteiger partial charge is 0.461 e. The first-order valence-electron chi connectivity index (χ1n) is 6.26. The highest BCUT2D eigenvalue weighted by atomic mass is 16.5. The third-order valence-electron chi connectivity index (χ3n) is 3.16. The quantitative estimate of drug-likeness (QED) is 0.895. The maximum atomic E-state index is 5.29. The third kappa shape index (κ3) is 2.47. The summed E-state index contributed by atoms with van der Waals surface area (Å²) < 4.78 is 10.6. The smallest absolute Gasteiger partial charge is 0.202 e. The van der Waals surface area contributed by atoms with E-state index in [4.69, 9.17) is 8.94 Å². The third-order valence-corrected chi connectivity index (χ3v) is 3.16. The van der Waals surface area contributed by atoms with E-state index in [1.165, 1.54) is 0 Å². The molecule has 18 heavy (non-hydrogen) atoms. The second kappa shape index (κ2) is 4.96. The molecule has 1 atom stereocenters. The summed E-state index contributed by atoms with van der Waals surface area (Å²) in [4.78, 5) is 2.38. The van der Waals surface area contributed by atoms with Crippen molar-refractivity contribution >= 4 is 0 Å². The van der Waals surface area contributed by atoms with Gasteiger partial charge in [-0.25, -0.2) is 0 Å². The lowest BCUT2D eigenvalue weighted by Crippen LogP contribution is -2.48. The van der Waals surface area contributed by atoms with Crippen LogP contribution in [0.1, 0.15) is 12.6 Å². The van der Waals surface area contributed by atoms with Gasteiger partial charge in [-0.15, -0.1) is 0 Å². The van der Waals surface area contributed by atoms with E-state index >= 15 is 0 Å². The number of furan rings is 1. The lowest BCUT2D eigenvalue weighted by molar-refractivity contribution is 0.195. The molecule has 0 amide bonds. The second-order valence-electron chi connectivity index (χ2n) is 4.75. The van der Waals surface area contributed by atoms with Crippen molar-refractivity contribution in [1.82, 2.24) is 15.4 Å². The Bertz CT molecular complexity index is 492. The Morgan fingerprint density at radius 1 is 1.50 bits per heavy atom. The average molecular weight is 247 g/mol. The Labute approximate surface area is 106 Å². The number of piperazine rings is 1. The number of nitrogens with zero attached hydrogens (tertiary/aromatic N) is 2. The molecule has 0 saturated carbocycles. The molecule has 5 nitrogen and oxygen atoms in total. The van der Waals surface area contributed by atoms with E-state index in [1.807, 2.05) is 18.2 Å². The predicted molar refractivity (Wildman–Crippen MR) is 66.9 cm³/mol. The number of hydrogen-bond acceptors (Lipinski definition) is 5. The van der Waals surface area contributed by atoms with Gasteiger partial charge in [-0.05, 0) is 19.1 Å². The van der Waals surface area contributed by atoms with Crippen molar-refractivity contribution < 1.29 is 8.94 Å². The molecule has 96 valence electrons. The standard InChI is InChI=1S/C13H17N3O2/c1-10-8-16(5-4-14-10)9-11-7-13(18-15-11)12-3-2-6-17-12/h2-3,6-7,10,14H,4-5,8-9H2,1H3/t10-/m0/s1. The monoisotopic (exact) mass is 247 g/mol. The minimum atomic E-state index is 0.537. The first kappa shape index (κ1) is 11.5. The molecule has 1 aliphatic rings. The van der Waals surface area contributed by atoms with E-state index in [2.05, 4.69) is 22.3 Å². The zero-order valence-electron chi connectivity index (χ0n) is 10.4. The Kier molecular flexibility index (Phi) is 3.17. The van der Waals surface area contributed by atoms with Gasteiger partial charge in [0.2, 0.25) is 5.76 Å². The minimum Gasteiger partial charge on any atom is -0.461 e. The maximum Gasteiger partial charge on any atom is 0.202 e. The van der Waals surface area contributed by atoms with Gasteiger partial charge < -0.3 is 14.3 Å². The van der Waals surface area contributed by atoms with Crippen LogP contribution >= 0.6 is 0 Å². The SMILES string of the molecule is C[C@H]1CN(Cc2cc(-c3ccco3)on2)CCN1. The molecule has 0 bridgehead atoms. The lowest BCUT2D eigenvalue weighted by Gasteiger charge is -2.30. The summed E-state index contributed by atoms with van der Waals surface area (Å²) in [7, 11) is 0. The van der Waals surface area contributed by atoms with Crippen LogP contribution in [0.2, 0.25) is 0 Å². The van der Waals surface area contributed by atoms with Gasteiger partial charge in [0, 0.05) is 38.3 Å². The first-order chi connectivity index (χ1) is 8.81. The Morgan fingerprint density at radius 3 is 3.22 bits per heavy atom. The van der Waals surface area contributed by atoms with Crippen LogP contribution in [-0.4, -0.2) is 35.7 Å². The van der Waals surface area contributed by atoms with Crippen molar-refractivity contribution in [3.8, 4) is 11.5 Å². The van der Waals surface area contributed by atoms with Crippen LogP contribution in [0, 0.1) is 0 Å². The van der Waals surface area contributed by atoms with Gasteiger partial charge in [0.05, 0.1) is 12.0 Å². The molecule has 0 aromatic carbocycles. The van der Waals surface area contributed by atoms with E-state index in [-0.39, 0.29) is 0 Å². The number of hydrogen-bond donors (Lipinski definition) is 1. The predicted octanol–water partition coefficient (Wildman–Crippen LogP) is 1.73. The van der Waals surface area contributed by atoms with Gasteiger partial charge in [0.1, 0.15) is 0 Å². The van der Waals surface area contributed by atoms with E-state index in [0.29, 0.717) is 11.8 Å². The van der Waals surface area contributed by atoms with Crippen molar-refractivity contribution in [2.45, 2.75) is 19.5 Å². The molecule has 1 fully saturated rings.